The first-order valence-electron chi connectivity index (χ1n) is 9.08. The monoisotopic (exact) mass is 396 g/mol. The van der Waals surface area contributed by atoms with Gasteiger partial charge in [0.1, 0.15) is 11.5 Å². The van der Waals surface area contributed by atoms with E-state index in [4.69, 9.17) is 9.47 Å². The summed E-state index contributed by atoms with van der Waals surface area (Å²) in [5.41, 5.74) is 1.01. The molecule has 3 rings (SSSR count). The molecule has 3 aromatic rings. The molecule has 2 N–H and O–H groups in total. The van der Waals surface area contributed by atoms with E-state index in [-0.39, 0.29) is 0 Å². The van der Waals surface area contributed by atoms with Crippen LogP contribution in [0.15, 0.2) is 65.1 Å². The number of thiophene rings is 1. The van der Waals surface area contributed by atoms with E-state index in [1.807, 2.05) is 42.5 Å². The molecule has 0 radical (unpaired) electrons. The summed E-state index contributed by atoms with van der Waals surface area (Å²) in [6.45, 7) is 4.15. The molecular formula is C21H24N4O2S. The molecule has 2 heterocycles. The van der Waals surface area contributed by atoms with Gasteiger partial charge < -0.3 is 20.1 Å². The molecule has 0 amide bonds. The number of guanidine groups is 1. The zero-order valence-corrected chi connectivity index (χ0v) is 16.8. The predicted molar refractivity (Wildman–Crippen MR) is 113 cm³/mol. The summed E-state index contributed by atoms with van der Waals surface area (Å²) >= 11 is 1.72. The molecule has 0 atom stereocenters. The fraction of sp³-hybridized carbons (Fsp3) is 0.238. The molecule has 0 unspecified atom stereocenters. The second kappa shape index (κ2) is 10.3. The van der Waals surface area contributed by atoms with Crippen LogP contribution >= 0.6 is 11.3 Å². The number of hydrogen-bond donors (Lipinski definition) is 2. The minimum Gasteiger partial charge on any atom is -0.497 e. The normalized spacial score (nSPS) is 11.1. The number of rotatable bonds is 8. The van der Waals surface area contributed by atoms with E-state index < -0.39 is 0 Å². The van der Waals surface area contributed by atoms with Crippen LogP contribution < -0.4 is 20.1 Å². The van der Waals surface area contributed by atoms with Gasteiger partial charge in [0.2, 0.25) is 5.88 Å². The first-order chi connectivity index (χ1) is 13.8. The van der Waals surface area contributed by atoms with Crippen LogP contribution in [0.3, 0.4) is 0 Å². The quantitative estimate of drug-likeness (QED) is 0.441. The summed E-state index contributed by atoms with van der Waals surface area (Å²) in [4.78, 5) is 10.3. The molecule has 7 heteroatoms. The second-order valence-electron chi connectivity index (χ2n) is 5.91. The lowest BCUT2D eigenvalue weighted by Crippen LogP contribution is -2.36. The number of hydrogen-bond acceptors (Lipinski definition) is 5. The maximum absolute atomic E-state index is 5.77. The van der Waals surface area contributed by atoms with Crippen LogP contribution in [-0.4, -0.2) is 24.6 Å². The van der Waals surface area contributed by atoms with Gasteiger partial charge in [-0.05, 0) is 36.1 Å². The van der Waals surface area contributed by atoms with Gasteiger partial charge in [-0.1, -0.05) is 18.2 Å². The Labute approximate surface area is 169 Å². The van der Waals surface area contributed by atoms with Crippen molar-refractivity contribution in [1.82, 2.24) is 15.6 Å². The summed E-state index contributed by atoms with van der Waals surface area (Å²) in [7, 11) is 1.63. The third-order valence-corrected chi connectivity index (χ3v) is 4.71. The molecule has 0 aliphatic heterocycles. The second-order valence-corrected chi connectivity index (χ2v) is 6.95. The van der Waals surface area contributed by atoms with Crippen molar-refractivity contribution in [2.24, 2.45) is 4.99 Å². The standard InChI is InChI=1S/C21H24N4O2S/c1-3-22-21(25-15-19-8-5-11-28-19)24-14-16-9-10-20(23-13-16)27-18-7-4-6-17(12-18)26-2/h4-13H,3,14-15H2,1-2H3,(H2,22,24,25). The van der Waals surface area contributed by atoms with Gasteiger partial charge in [0.05, 0.1) is 20.2 Å². The summed E-state index contributed by atoms with van der Waals surface area (Å²) < 4.78 is 11.0. The van der Waals surface area contributed by atoms with Crippen molar-refractivity contribution in [2.45, 2.75) is 20.0 Å². The van der Waals surface area contributed by atoms with Gasteiger partial charge in [-0.25, -0.2) is 9.98 Å². The molecule has 0 aliphatic carbocycles. The number of ether oxygens (including phenoxy) is 2. The average molecular weight is 397 g/mol. The lowest BCUT2D eigenvalue weighted by atomic mass is 10.3. The van der Waals surface area contributed by atoms with Crippen LogP contribution in [0.2, 0.25) is 0 Å². The zero-order valence-electron chi connectivity index (χ0n) is 16.0. The van der Waals surface area contributed by atoms with E-state index in [1.165, 1.54) is 4.88 Å². The molecule has 146 valence electrons. The maximum Gasteiger partial charge on any atom is 0.219 e. The summed E-state index contributed by atoms with van der Waals surface area (Å²) in [5.74, 6) is 2.75. The molecule has 0 aliphatic rings. The minimum absolute atomic E-state index is 0.531. The van der Waals surface area contributed by atoms with Gasteiger partial charge in [-0.2, -0.15) is 0 Å². The highest BCUT2D eigenvalue weighted by Gasteiger charge is 2.03. The smallest absolute Gasteiger partial charge is 0.219 e. The minimum atomic E-state index is 0.531. The first kappa shape index (κ1) is 19.7. The molecule has 0 spiro atoms. The number of aromatic nitrogens is 1. The Bertz CT molecular complexity index is 880. The van der Waals surface area contributed by atoms with Crippen molar-refractivity contribution in [3.8, 4) is 17.4 Å². The highest BCUT2D eigenvalue weighted by atomic mass is 32.1. The van der Waals surface area contributed by atoms with Gasteiger partial charge in [0, 0.05) is 29.8 Å². The lowest BCUT2D eigenvalue weighted by molar-refractivity contribution is 0.407. The largest absolute Gasteiger partial charge is 0.497 e. The topological polar surface area (TPSA) is 67.8 Å². The Balaban J connectivity index is 1.57. The van der Waals surface area contributed by atoms with Crippen molar-refractivity contribution in [3.05, 3.63) is 70.5 Å². The molecule has 0 saturated carbocycles. The molecule has 0 bridgehead atoms. The van der Waals surface area contributed by atoms with E-state index in [9.17, 15) is 0 Å². The Morgan fingerprint density at radius 3 is 2.71 bits per heavy atom. The van der Waals surface area contributed by atoms with Crippen LogP contribution in [0.25, 0.3) is 0 Å². The van der Waals surface area contributed by atoms with E-state index in [0.29, 0.717) is 18.2 Å². The Morgan fingerprint density at radius 1 is 1.11 bits per heavy atom. The van der Waals surface area contributed by atoms with Gasteiger partial charge in [0.25, 0.3) is 0 Å². The van der Waals surface area contributed by atoms with E-state index >= 15 is 0 Å². The van der Waals surface area contributed by atoms with Crippen LogP contribution in [0, 0.1) is 0 Å². The molecule has 0 fully saturated rings. The fourth-order valence-corrected chi connectivity index (χ4v) is 3.09. The molecule has 2 aromatic heterocycles. The van der Waals surface area contributed by atoms with E-state index in [2.05, 4.69) is 39.0 Å². The number of aliphatic imine (C=N–C) groups is 1. The van der Waals surface area contributed by atoms with Crippen LogP contribution in [0.5, 0.6) is 17.4 Å². The fourth-order valence-electron chi connectivity index (χ4n) is 2.45. The molecular weight excluding hydrogens is 372 g/mol. The molecule has 0 saturated heterocycles. The van der Waals surface area contributed by atoms with Crippen LogP contribution in [0.4, 0.5) is 0 Å². The third-order valence-electron chi connectivity index (χ3n) is 3.84. The number of nitrogens with one attached hydrogen (secondary N) is 2. The van der Waals surface area contributed by atoms with E-state index in [0.717, 1.165) is 30.4 Å². The van der Waals surface area contributed by atoms with Crippen molar-refractivity contribution in [1.29, 1.82) is 0 Å². The summed E-state index contributed by atoms with van der Waals surface area (Å²) in [6.07, 6.45) is 1.78. The lowest BCUT2D eigenvalue weighted by Gasteiger charge is -2.10. The maximum atomic E-state index is 5.77. The third kappa shape index (κ3) is 5.99. The van der Waals surface area contributed by atoms with Gasteiger partial charge >= 0.3 is 0 Å². The SMILES string of the molecule is CCNC(=NCc1ccc(Oc2cccc(OC)c2)nc1)NCc1cccs1. The number of methoxy groups -OCH3 is 1. The van der Waals surface area contributed by atoms with Crippen molar-refractivity contribution in [2.75, 3.05) is 13.7 Å². The van der Waals surface area contributed by atoms with E-state index in [1.54, 1.807) is 24.6 Å². The van der Waals surface area contributed by atoms with Gasteiger partial charge in [-0.3, -0.25) is 0 Å². The highest BCUT2D eigenvalue weighted by molar-refractivity contribution is 7.09. The van der Waals surface area contributed by atoms with Crippen molar-refractivity contribution >= 4 is 17.3 Å². The molecule has 6 nitrogen and oxygen atoms in total. The van der Waals surface area contributed by atoms with Crippen molar-refractivity contribution < 1.29 is 9.47 Å². The number of nitrogens with zero attached hydrogens (tertiary/aromatic N) is 2. The highest BCUT2D eigenvalue weighted by Crippen LogP contribution is 2.23. The van der Waals surface area contributed by atoms with Gasteiger partial charge in [-0.15, -0.1) is 11.3 Å². The number of benzene rings is 1. The summed E-state index contributed by atoms with van der Waals surface area (Å²) in [5, 5.41) is 8.67. The summed E-state index contributed by atoms with van der Waals surface area (Å²) in [6, 6.07) is 15.4. The van der Waals surface area contributed by atoms with Crippen molar-refractivity contribution in [3.63, 3.8) is 0 Å². The average Bonchev–Trinajstić information content (AvgIpc) is 3.25. The van der Waals surface area contributed by atoms with Gasteiger partial charge in [0.15, 0.2) is 5.96 Å². The zero-order chi connectivity index (χ0) is 19.6. The van der Waals surface area contributed by atoms with Crippen LogP contribution in [-0.2, 0) is 13.1 Å². The van der Waals surface area contributed by atoms with Crippen LogP contribution in [0.1, 0.15) is 17.4 Å². The Hall–Kier alpha value is -3.06. The first-order valence-corrected chi connectivity index (χ1v) is 9.96. The number of pyridine rings is 1. The Morgan fingerprint density at radius 2 is 2.00 bits per heavy atom. The molecule has 28 heavy (non-hydrogen) atoms. The molecule has 1 aromatic carbocycles. The predicted octanol–water partition coefficient (Wildman–Crippen LogP) is 4.20. The Kier molecular flexibility index (Phi) is 7.26.